The summed E-state index contributed by atoms with van der Waals surface area (Å²) in [6, 6.07) is 6.15. The summed E-state index contributed by atoms with van der Waals surface area (Å²) in [4.78, 5) is 4.40. The van der Waals surface area contributed by atoms with Gasteiger partial charge < -0.3 is 5.32 Å². The van der Waals surface area contributed by atoms with E-state index in [1.54, 1.807) is 0 Å². The van der Waals surface area contributed by atoms with Crippen LogP contribution in [0.1, 0.15) is 12.1 Å². The number of aromatic nitrogens is 1. The summed E-state index contributed by atoms with van der Waals surface area (Å²) in [7, 11) is 0. The van der Waals surface area contributed by atoms with Gasteiger partial charge in [-0.1, -0.05) is 12.1 Å². The van der Waals surface area contributed by atoms with E-state index in [2.05, 4.69) is 28.5 Å². The number of allylic oxidation sites excluding steroid dienone is 1. The van der Waals surface area contributed by atoms with Gasteiger partial charge in [-0.05, 0) is 42.5 Å². The molecule has 0 amide bonds. The van der Waals surface area contributed by atoms with Gasteiger partial charge in [0.2, 0.25) is 0 Å². The average Bonchev–Trinajstić information content (AvgIpc) is 2.78. The van der Waals surface area contributed by atoms with Crippen molar-refractivity contribution in [3.8, 4) is 0 Å². The molecule has 1 aromatic heterocycles. The van der Waals surface area contributed by atoms with Crippen molar-refractivity contribution >= 4 is 5.57 Å². The normalized spacial score (nSPS) is 30.1. The first-order valence-corrected chi connectivity index (χ1v) is 5.26. The van der Waals surface area contributed by atoms with Crippen molar-refractivity contribution in [2.45, 2.75) is 6.42 Å². The van der Waals surface area contributed by atoms with E-state index in [-0.39, 0.29) is 0 Å². The van der Waals surface area contributed by atoms with Gasteiger partial charge in [0, 0.05) is 12.7 Å². The fourth-order valence-electron chi connectivity index (χ4n) is 2.52. The van der Waals surface area contributed by atoms with E-state index < -0.39 is 0 Å². The van der Waals surface area contributed by atoms with Crippen LogP contribution in [0.25, 0.3) is 5.57 Å². The lowest BCUT2D eigenvalue weighted by molar-refractivity contribution is 0.536. The minimum Gasteiger partial charge on any atom is -0.316 e. The summed E-state index contributed by atoms with van der Waals surface area (Å²) < 4.78 is 0. The minimum atomic E-state index is 0.756. The Hall–Kier alpha value is -1.15. The molecule has 1 N–H and O–H groups in total. The smallest absolute Gasteiger partial charge is 0.0658 e. The van der Waals surface area contributed by atoms with E-state index in [4.69, 9.17) is 0 Å². The molecule has 1 fully saturated rings. The highest BCUT2D eigenvalue weighted by atomic mass is 14.9. The Bertz CT molecular complexity index is 356. The maximum Gasteiger partial charge on any atom is 0.0658 e. The molecule has 1 aliphatic heterocycles. The van der Waals surface area contributed by atoms with Crippen LogP contribution in [0, 0.1) is 11.8 Å². The van der Waals surface area contributed by atoms with Gasteiger partial charge in [0.1, 0.15) is 0 Å². The van der Waals surface area contributed by atoms with Crippen LogP contribution >= 0.6 is 0 Å². The van der Waals surface area contributed by atoms with Crippen LogP contribution in [-0.2, 0) is 0 Å². The molecule has 0 radical (unpaired) electrons. The number of hydrogen-bond acceptors (Lipinski definition) is 2. The largest absolute Gasteiger partial charge is 0.316 e. The van der Waals surface area contributed by atoms with Gasteiger partial charge in [-0.3, -0.25) is 4.98 Å². The third kappa shape index (κ3) is 1.26. The fourth-order valence-corrected chi connectivity index (χ4v) is 2.52. The second-order valence-corrected chi connectivity index (χ2v) is 4.19. The van der Waals surface area contributed by atoms with Gasteiger partial charge in [0.25, 0.3) is 0 Å². The van der Waals surface area contributed by atoms with E-state index in [0.29, 0.717) is 0 Å². The van der Waals surface area contributed by atoms with Gasteiger partial charge in [0.15, 0.2) is 0 Å². The topological polar surface area (TPSA) is 24.9 Å². The Morgan fingerprint density at radius 3 is 3.07 bits per heavy atom. The van der Waals surface area contributed by atoms with Crippen LogP contribution in [0.15, 0.2) is 30.5 Å². The van der Waals surface area contributed by atoms with Crippen LogP contribution in [0.4, 0.5) is 0 Å². The SMILES string of the molecule is C1=C(c2ccccn2)C[C@@H]2CNC[C@H]12. The Morgan fingerprint density at radius 2 is 2.29 bits per heavy atom. The number of hydrogen-bond donors (Lipinski definition) is 1. The first-order chi connectivity index (χ1) is 6.93. The second kappa shape index (κ2) is 3.21. The third-order valence-electron chi connectivity index (χ3n) is 3.28. The molecule has 1 saturated heterocycles. The monoisotopic (exact) mass is 186 g/mol. The molecule has 1 aliphatic carbocycles. The third-order valence-corrected chi connectivity index (χ3v) is 3.28. The summed E-state index contributed by atoms with van der Waals surface area (Å²) in [5.41, 5.74) is 2.61. The Labute approximate surface area is 84.1 Å². The van der Waals surface area contributed by atoms with Crippen LogP contribution < -0.4 is 5.32 Å². The van der Waals surface area contributed by atoms with Crippen LogP contribution in [0.5, 0.6) is 0 Å². The first kappa shape index (κ1) is 8.18. The maximum absolute atomic E-state index is 4.40. The summed E-state index contributed by atoms with van der Waals surface area (Å²) in [5.74, 6) is 1.58. The molecular weight excluding hydrogens is 172 g/mol. The number of nitrogens with zero attached hydrogens (tertiary/aromatic N) is 1. The lowest BCUT2D eigenvalue weighted by Gasteiger charge is -2.05. The minimum absolute atomic E-state index is 0.756. The van der Waals surface area contributed by atoms with Crippen LogP contribution in [0.3, 0.4) is 0 Å². The van der Waals surface area contributed by atoms with Crippen LogP contribution in [-0.4, -0.2) is 18.1 Å². The zero-order valence-corrected chi connectivity index (χ0v) is 8.11. The average molecular weight is 186 g/mol. The standard InChI is InChI=1S/C12H14N2/c1-2-4-14-12(3-1)9-5-10-7-13-8-11(10)6-9/h1-5,10-11,13H,6-8H2/t10-,11+/m0/s1. The molecule has 2 nitrogen and oxygen atoms in total. The van der Waals surface area contributed by atoms with Crippen molar-refractivity contribution in [2.24, 2.45) is 11.8 Å². The summed E-state index contributed by atoms with van der Waals surface area (Å²) in [6.07, 6.45) is 5.49. The summed E-state index contributed by atoms with van der Waals surface area (Å²) in [5, 5.41) is 3.43. The highest BCUT2D eigenvalue weighted by molar-refractivity contribution is 5.65. The highest BCUT2D eigenvalue weighted by Crippen LogP contribution is 2.37. The zero-order valence-electron chi connectivity index (χ0n) is 8.11. The molecule has 14 heavy (non-hydrogen) atoms. The quantitative estimate of drug-likeness (QED) is 0.722. The van der Waals surface area contributed by atoms with Crippen molar-refractivity contribution in [3.63, 3.8) is 0 Å². The molecule has 0 saturated carbocycles. The molecule has 2 heterocycles. The predicted molar refractivity (Wildman–Crippen MR) is 56.7 cm³/mol. The molecule has 2 heteroatoms. The van der Waals surface area contributed by atoms with Crippen LogP contribution in [0.2, 0.25) is 0 Å². The molecule has 0 unspecified atom stereocenters. The van der Waals surface area contributed by atoms with E-state index >= 15 is 0 Å². The summed E-state index contributed by atoms with van der Waals surface area (Å²) in [6.45, 7) is 2.33. The van der Waals surface area contributed by atoms with E-state index in [1.165, 1.54) is 24.2 Å². The number of pyridine rings is 1. The van der Waals surface area contributed by atoms with Crippen molar-refractivity contribution in [3.05, 3.63) is 36.2 Å². The van der Waals surface area contributed by atoms with E-state index in [1.807, 2.05) is 12.3 Å². The molecular formula is C12H14N2. The summed E-state index contributed by atoms with van der Waals surface area (Å²) >= 11 is 0. The number of fused-ring (bicyclic) bond motifs is 1. The Kier molecular flexibility index (Phi) is 1.88. The lowest BCUT2D eigenvalue weighted by atomic mass is 9.99. The second-order valence-electron chi connectivity index (χ2n) is 4.19. The van der Waals surface area contributed by atoms with Crippen molar-refractivity contribution < 1.29 is 0 Å². The van der Waals surface area contributed by atoms with Gasteiger partial charge in [-0.25, -0.2) is 0 Å². The molecule has 2 aliphatic rings. The van der Waals surface area contributed by atoms with Gasteiger partial charge in [-0.15, -0.1) is 0 Å². The zero-order chi connectivity index (χ0) is 9.38. The van der Waals surface area contributed by atoms with E-state index in [0.717, 1.165) is 18.4 Å². The van der Waals surface area contributed by atoms with Crippen molar-refractivity contribution in [1.82, 2.24) is 10.3 Å². The molecule has 3 rings (SSSR count). The molecule has 0 aromatic carbocycles. The van der Waals surface area contributed by atoms with Gasteiger partial charge in [0.05, 0.1) is 5.69 Å². The Balaban J connectivity index is 1.88. The lowest BCUT2D eigenvalue weighted by Crippen LogP contribution is -2.09. The highest BCUT2D eigenvalue weighted by Gasteiger charge is 2.31. The molecule has 1 aromatic rings. The van der Waals surface area contributed by atoms with Gasteiger partial charge in [-0.2, -0.15) is 0 Å². The van der Waals surface area contributed by atoms with Gasteiger partial charge >= 0.3 is 0 Å². The fraction of sp³-hybridized carbons (Fsp3) is 0.417. The predicted octanol–water partition coefficient (Wildman–Crippen LogP) is 1.70. The molecule has 72 valence electrons. The Morgan fingerprint density at radius 1 is 1.29 bits per heavy atom. The first-order valence-electron chi connectivity index (χ1n) is 5.26. The molecule has 0 spiro atoms. The number of rotatable bonds is 1. The molecule has 2 atom stereocenters. The van der Waals surface area contributed by atoms with Crippen molar-refractivity contribution in [2.75, 3.05) is 13.1 Å². The maximum atomic E-state index is 4.40. The number of nitrogens with one attached hydrogen (secondary N) is 1. The van der Waals surface area contributed by atoms with E-state index in [9.17, 15) is 0 Å². The molecule has 0 bridgehead atoms. The van der Waals surface area contributed by atoms with Crippen molar-refractivity contribution in [1.29, 1.82) is 0 Å².